The fourth-order valence-electron chi connectivity index (χ4n) is 0. The standard InChI is InChI=1S/K.Ni.H2O.O.H/h;;1H2;;. The molecule has 26 valence electrons. The third-order valence-electron chi connectivity index (χ3n) is 0. The second-order valence-corrected chi connectivity index (χ2v) is 0. The van der Waals surface area contributed by atoms with Crippen LogP contribution in [0.25, 0.3) is 0 Å². The van der Waals surface area contributed by atoms with E-state index in [9.17, 15) is 0 Å². The van der Waals surface area contributed by atoms with Crippen molar-refractivity contribution in [3.8, 4) is 0 Å². The van der Waals surface area contributed by atoms with E-state index in [0.717, 1.165) is 0 Å². The van der Waals surface area contributed by atoms with Crippen LogP contribution < -0.4 is 0 Å². The van der Waals surface area contributed by atoms with Gasteiger partial charge in [0.1, 0.15) is 0 Å². The van der Waals surface area contributed by atoms with Crippen molar-refractivity contribution in [2.45, 2.75) is 0 Å². The Morgan fingerprint density at radius 1 is 1.25 bits per heavy atom. The molecule has 0 radical (unpaired) electrons. The van der Waals surface area contributed by atoms with E-state index in [1.165, 1.54) is 0 Å². The van der Waals surface area contributed by atoms with E-state index in [0.29, 0.717) is 0 Å². The van der Waals surface area contributed by atoms with Crippen LogP contribution in [0.15, 0.2) is 0 Å². The summed E-state index contributed by atoms with van der Waals surface area (Å²) in [5, 5.41) is 0. The van der Waals surface area contributed by atoms with Gasteiger partial charge in [0.2, 0.25) is 0 Å². The molecule has 0 aliphatic heterocycles. The third-order valence-corrected chi connectivity index (χ3v) is 0. The monoisotopic (exact) mass is 132 g/mol. The van der Waals surface area contributed by atoms with E-state index >= 15 is 0 Å². The molecule has 0 unspecified atom stereocenters. The van der Waals surface area contributed by atoms with Crippen LogP contribution in [0.4, 0.5) is 0 Å². The van der Waals surface area contributed by atoms with Gasteiger partial charge in [-0.15, -0.1) is 0 Å². The van der Waals surface area contributed by atoms with Crippen molar-refractivity contribution in [1.29, 1.82) is 0 Å². The van der Waals surface area contributed by atoms with Gasteiger partial charge in [0, 0.05) is 0 Å². The number of hydrogen-bond acceptors (Lipinski definition) is 1. The summed E-state index contributed by atoms with van der Waals surface area (Å²) >= 11 is 2.62. The van der Waals surface area contributed by atoms with Gasteiger partial charge in [0.05, 0.1) is 0 Å². The average molecular weight is 133 g/mol. The van der Waals surface area contributed by atoms with Crippen LogP contribution in [0.3, 0.4) is 0 Å². The van der Waals surface area contributed by atoms with Gasteiger partial charge in [0.15, 0.2) is 0 Å². The number of rotatable bonds is 0. The number of hydrogen-bond donors (Lipinski definition) is 0. The Morgan fingerprint density at radius 3 is 1.25 bits per heavy atom. The fraction of sp³-hybridized carbons (Fsp3) is 0. The first kappa shape index (κ1) is 16.9. The van der Waals surface area contributed by atoms with E-state index in [1.54, 1.807) is 0 Å². The van der Waals surface area contributed by atoms with Crippen molar-refractivity contribution in [3.63, 3.8) is 0 Å². The normalized spacial score (nSPS) is 1.50. The Labute approximate surface area is 74.6 Å². The van der Waals surface area contributed by atoms with Crippen molar-refractivity contribution < 1.29 is 24.8 Å². The zero-order valence-electron chi connectivity index (χ0n) is 1.22. The summed E-state index contributed by atoms with van der Waals surface area (Å²) in [6, 6.07) is 0. The Balaban J connectivity index is -0.00000000500. The molecule has 4 heteroatoms. The van der Waals surface area contributed by atoms with Crippen molar-refractivity contribution in [2.75, 3.05) is 0 Å². The fourth-order valence-corrected chi connectivity index (χ4v) is 0. The summed E-state index contributed by atoms with van der Waals surface area (Å²) in [5.74, 6) is 0. The Bertz CT molecular complexity index is 6.00. The van der Waals surface area contributed by atoms with E-state index in [1.807, 2.05) is 0 Å². The van der Waals surface area contributed by atoms with Crippen molar-refractivity contribution in [3.05, 3.63) is 0 Å². The van der Waals surface area contributed by atoms with Gasteiger partial charge in [-0.05, 0) is 0 Å². The zero-order chi connectivity index (χ0) is 2.00. The molecule has 0 aliphatic carbocycles. The molecular formula is H3KNiO2. The van der Waals surface area contributed by atoms with Crippen LogP contribution in [0.2, 0.25) is 0 Å². The molecule has 0 saturated carbocycles. The van der Waals surface area contributed by atoms with Gasteiger partial charge in [-0.25, -0.2) is 0 Å². The molecule has 0 aromatic carbocycles. The van der Waals surface area contributed by atoms with Crippen LogP contribution >= 0.6 is 0 Å². The Morgan fingerprint density at radius 2 is 1.25 bits per heavy atom. The molecule has 0 aromatic heterocycles. The second kappa shape index (κ2) is 20.7. The van der Waals surface area contributed by atoms with Gasteiger partial charge in [-0.2, -0.15) is 0 Å². The maximum absolute atomic E-state index is 7.88. The second-order valence-electron chi connectivity index (χ2n) is 0. The summed E-state index contributed by atoms with van der Waals surface area (Å²) in [6.07, 6.45) is 0. The van der Waals surface area contributed by atoms with Gasteiger partial charge in [-0.3, -0.25) is 0 Å². The van der Waals surface area contributed by atoms with E-state index < -0.39 is 0 Å². The predicted molar refractivity (Wildman–Crippen MR) is 11.4 cm³/mol. The minimum atomic E-state index is 0. The maximum atomic E-state index is 7.88. The average Bonchev–Trinajstić information content (AvgIpc) is 1.00. The summed E-state index contributed by atoms with van der Waals surface area (Å²) in [4.78, 5) is 0. The molecular weight excluding hydrogens is 130 g/mol. The van der Waals surface area contributed by atoms with Crippen LogP contribution in [0.1, 0.15) is 0 Å². The van der Waals surface area contributed by atoms with Crippen LogP contribution in [0, 0.1) is 0 Å². The van der Waals surface area contributed by atoms with Gasteiger partial charge < -0.3 is 5.48 Å². The van der Waals surface area contributed by atoms with Crippen LogP contribution in [-0.2, 0) is 19.3 Å². The molecule has 2 nitrogen and oxygen atoms in total. The van der Waals surface area contributed by atoms with Gasteiger partial charge >= 0.3 is 70.7 Å². The molecule has 0 spiro atoms. The molecule has 0 fully saturated rings. The molecule has 0 aliphatic rings. The van der Waals surface area contributed by atoms with Crippen molar-refractivity contribution in [2.24, 2.45) is 0 Å². The molecule has 0 saturated heterocycles. The molecule has 0 rings (SSSR count). The summed E-state index contributed by atoms with van der Waals surface area (Å²) in [5.41, 5.74) is 0. The zero-order valence-corrected chi connectivity index (χ0v) is 2.21. The Hall–Kier alpha value is 1.89. The van der Waals surface area contributed by atoms with E-state index in [4.69, 9.17) is 3.90 Å². The molecule has 2 N–H and O–H groups in total. The first-order valence-electron chi connectivity index (χ1n) is 0.129. The first-order valence-corrected chi connectivity index (χ1v) is 0.532. The molecule has 0 aromatic rings. The SMILES string of the molecule is O.[KH].[O]=[Ni]. The molecule has 4 heavy (non-hydrogen) atoms. The van der Waals surface area contributed by atoms with Crippen molar-refractivity contribution in [1.82, 2.24) is 0 Å². The summed E-state index contributed by atoms with van der Waals surface area (Å²) in [6.45, 7) is 0. The quantitative estimate of drug-likeness (QED) is 0.367. The van der Waals surface area contributed by atoms with Gasteiger partial charge in [0.25, 0.3) is 0 Å². The molecule has 0 atom stereocenters. The molecule has 0 amide bonds. The summed E-state index contributed by atoms with van der Waals surface area (Å²) in [7, 11) is 0. The van der Waals surface area contributed by atoms with Crippen LogP contribution in [0.5, 0.6) is 0 Å². The Kier molecular flexibility index (Phi) is 87.3. The van der Waals surface area contributed by atoms with E-state index in [2.05, 4.69) is 15.4 Å². The minimum absolute atomic E-state index is 0. The first-order chi connectivity index (χ1) is 1.00. The summed E-state index contributed by atoms with van der Waals surface area (Å²) < 4.78 is 7.88. The molecule has 0 heterocycles. The predicted octanol–water partition coefficient (Wildman–Crippen LogP) is -1.59. The van der Waals surface area contributed by atoms with Gasteiger partial charge in [-0.1, -0.05) is 0 Å². The van der Waals surface area contributed by atoms with E-state index in [-0.39, 0.29) is 56.9 Å². The van der Waals surface area contributed by atoms with Crippen LogP contribution in [-0.4, -0.2) is 56.9 Å². The third kappa shape index (κ3) is 9.10. The van der Waals surface area contributed by atoms with Crippen molar-refractivity contribution >= 4 is 51.4 Å². The molecule has 0 bridgehead atoms. The topological polar surface area (TPSA) is 48.6 Å².